The van der Waals surface area contributed by atoms with Crippen molar-refractivity contribution in [1.29, 1.82) is 0 Å². The van der Waals surface area contributed by atoms with Crippen LogP contribution in [0.2, 0.25) is 0 Å². The highest BCUT2D eigenvalue weighted by molar-refractivity contribution is 5.82. The first-order valence-corrected chi connectivity index (χ1v) is 5.38. The van der Waals surface area contributed by atoms with E-state index in [1.54, 1.807) is 0 Å². The van der Waals surface area contributed by atoms with E-state index in [4.69, 9.17) is 0 Å². The van der Waals surface area contributed by atoms with Crippen LogP contribution in [0.3, 0.4) is 0 Å². The van der Waals surface area contributed by atoms with Gasteiger partial charge in [0.25, 0.3) is 0 Å². The maximum atomic E-state index is 11.6. The number of Topliss-reactive ketones (excluding diaryl/α,β-unsaturated/α-hetero) is 1. The average molecular weight is 183 g/mol. The Kier molecular flexibility index (Phi) is 3.91. The standard InChI is InChI=1S/C11H21NO/c1-4-12-6-5-11(13)10(8-12)7-9(2)3/h9-10H,4-8H2,1-3H3. The number of likely N-dealkylation sites (tertiary alicyclic amines) is 1. The number of hydrogen-bond donors (Lipinski definition) is 0. The number of ketones is 1. The number of rotatable bonds is 3. The minimum Gasteiger partial charge on any atom is -0.302 e. The fourth-order valence-electron chi connectivity index (χ4n) is 2.04. The summed E-state index contributed by atoms with van der Waals surface area (Å²) in [5, 5.41) is 0. The summed E-state index contributed by atoms with van der Waals surface area (Å²) in [4.78, 5) is 13.9. The smallest absolute Gasteiger partial charge is 0.138 e. The topological polar surface area (TPSA) is 20.3 Å². The van der Waals surface area contributed by atoms with Gasteiger partial charge in [0.2, 0.25) is 0 Å². The van der Waals surface area contributed by atoms with E-state index in [9.17, 15) is 4.79 Å². The van der Waals surface area contributed by atoms with E-state index in [1.165, 1.54) is 0 Å². The lowest BCUT2D eigenvalue weighted by atomic mass is 9.88. The molecule has 1 rings (SSSR count). The van der Waals surface area contributed by atoms with Crippen molar-refractivity contribution in [3.05, 3.63) is 0 Å². The summed E-state index contributed by atoms with van der Waals surface area (Å²) in [6.07, 6.45) is 1.83. The minimum absolute atomic E-state index is 0.314. The van der Waals surface area contributed by atoms with E-state index in [0.29, 0.717) is 17.6 Å². The molecule has 13 heavy (non-hydrogen) atoms. The number of carbonyl (C=O) groups excluding carboxylic acids is 1. The molecular weight excluding hydrogens is 162 g/mol. The molecule has 0 aromatic carbocycles. The molecule has 76 valence electrons. The fraction of sp³-hybridized carbons (Fsp3) is 0.909. The van der Waals surface area contributed by atoms with Crippen LogP contribution in [0.1, 0.15) is 33.6 Å². The Hall–Kier alpha value is -0.370. The van der Waals surface area contributed by atoms with Crippen LogP contribution in [0.25, 0.3) is 0 Å². The molecule has 0 aliphatic carbocycles. The third kappa shape index (κ3) is 3.11. The van der Waals surface area contributed by atoms with Crippen molar-refractivity contribution in [2.24, 2.45) is 11.8 Å². The molecule has 1 unspecified atom stereocenters. The second kappa shape index (κ2) is 4.75. The molecule has 0 aromatic heterocycles. The van der Waals surface area contributed by atoms with Gasteiger partial charge in [-0.2, -0.15) is 0 Å². The summed E-state index contributed by atoms with van der Waals surface area (Å²) in [5.74, 6) is 1.44. The van der Waals surface area contributed by atoms with Crippen LogP contribution in [0.15, 0.2) is 0 Å². The number of piperidine rings is 1. The zero-order valence-corrected chi connectivity index (χ0v) is 9.05. The first kappa shape index (κ1) is 10.7. The molecule has 1 aliphatic rings. The van der Waals surface area contributed by atoms with Crippen molar-refractivity contribution >= 4 is 5.78 Å². The number of nitrogens with zero attached hydrogens (tertiary/aromatic N) is 1. The highest BCUT2D eigenvalue weighted by Gasteiger charge is 2.26. The molecule has 2 heteroatoms. The summed E-state index contributed by atoms with van der Waals surface area (Å²) in [6.45, 7) is 9.61. The molecule has 2 nitrogen and oxygen atoms in total. The molecule has 0 radical (unpaired) electrons. The van der Waals surface area contributed by atoms with Crippen LogP contribution in [0.5, 0.6) is 0 Å². The van der Waals surface area contributed by atoms with Gasteiger partial charge < -0.3 is 4.90 Å². The van der Waals surface area contributed by atoms with Gasteiger partial charge in [-0.25, -0.2) is 0 Å². The van der Waals surface area contributed by atoms with Gasteiger partial charge in [0.15, 0.2) is 0 Å². The van der Waals surface area contributed by atoms with Crippen LogP contribution in [-0.4, -0.2) is 30.3 Å². The Morgan fingerprint density at radius 2 is 2.23 bits per heavy atom. The van der Waals surface area contributed by atoms with Gasteiger partial charge >= 0.3 is 0 Å². The molecule has 1 heterocycles. The van der Waals surface area contributed by atoms with Gasteiger partial charge in [-0.05, 0) is 18.9 Å². The van der Waals surface area contributed by atoms with E-state index in [2.05, 4.69) is 25.7 Å². The lowest BCUT2D eigenvalue weighted by molar-refractivity contribution is -0.126. The Morgan fingerprint density at radius 1 is 1.54 bits per heavy atom. The van der Waals surface area contributed by atoms with Gasteiger partial charge in [0.05, 0.1) is 0 Å². The average Bonchev–Trinajstić information content (AvgIpc) is 2.08. The normalized spacial score (nSPS) is 25.5. The monoisotopic (exact) mass is 183 g/mol. The highest BCUT2D eigenvalue weighted by atomic mass is 16.1. The lowest BCUT2D eigenvalue weighted by Gasteiger charge is -2.31. The predicted molar refractivity (Wildman–Crippen MR) is 54.7 cm³/mol. The minimum atomic E-state index is 0.314. The lowest BCUT2D eigenvalue weighted by Crippen LogP contribution is -2.41. The molecule has 0 spiro atoms. The second-order valence-corrected chi connectivity index (χ2v) is 4.44. The zero-order valence-electron chi connectivity index (χ0n) is 9.05. The van der Waals surface area contributed by atoms with Gasteiger partial charge in [-0.3, -0.25) is 4.79 Å². The van der Waals surface area contributed by atoms with Crippen molar-refractivity contribution in [3.8, 4) is 0 Å². The molecule has 1 atom stereocenters. The van der Waals surface area contributed by atoms with Gasteiger partial charge in [0, 0.05) is 25.4 Å². The molecule has 0 amide bonds. The molecule has 0 N–H and O–H groups in total. The Morgan fingerprint density at radius 3 is 2.77 bits per heavy atom. The maximum absolute atomic E-state index is 11.6. The van der Waals surface area contributed by atoms with Crippen LogP contribution in [-0.2, 0) is 4.79 Å². The van der Waals surface area contributed by atoms with Gasteiger partial charge in [0.1, 0.15) is 5.78 Å². The summed E-state index contributed by atoms with van der Waals surface area (Å²) in [5.41, 5.74) is 0. The molecule has 1 saturated heterocycles. The molecule has 1 fully saturated rings. The van der Waals surface area contributed by atoms with E-state index < -0.39 is 0 Å². The molecule has 0 aromatic rings. The van der Waals surface area contributed by atoms with Crippen LogP contribution in [0.4, 0.5) is 0 Å². The Labute approximate surface area is 81.3 Å². The first-order chi connectivity index (χ1) is 6.13. The summed E-state index contributed by atoms with van der Waals surface area (Å²) >= 11 is 0. The van der Waals surface area contributed by atoms with E-state index in [0.717, 1.165) is 32.5 Å². The number of carbonyl (C=O) groups is 1. The maximum Gasteiger partial charge on any atom is 0.138 e. The number of hydrogen-bond acceptors (Lipinski definition) is 2. The van der Waals surface area contributed by atoms with Crippen molar-refractivity contribution in [2.45, 2.75) is 33.6 Å². The van der Waals surface area contributed by atoms with Crippen molar-refractivity contribution in [3.63, 3.8) is 0 Å². The SMILES string of the molecule is CCN1CCC(=O)C(CC(C)C)C1. The van der Waals surface area contributed by atoms with E-state index in [1.807, 2.05) is 0 Å². The third-order valence-corrected chi connectivity index (χ3v) is 2.81. The second-order valence-electron chi connectivity index (χ2n) is 4.44. The summed E-state index contributed by atoms with van der Waals surface area (Å²) < 4.78 is 0. The molecule has 1 aliphatic heterocycles. The van der Waals surface area contributed by atoms with Crippen LogP contribution in [0, 0.1) is 11.8 Å². The van der Waals surface area contributed by atoms with Crippen molar-refractivity contribution in [1.82, 2.24) is 4.90 Å². The first-order valence-electron chi connectivity index (χ1n) is 5.38. The molecule has 0 saturated carbocycles. The van der Waals surface area contributed by atoms with E-state index in [-0.39, 0.29) is 0 Å². The molecule has 0 bridgehead atoms. The van der Waals surface area contributed by atoms with Crippen LogP contribution >= 0.6 is 0 Å². The van der Waals surface area contributed by atoms with Crippen LogP contribution < -0.4 is 0 Å². The highest BCUT2D eigenvalue weighted by Crippen LogP contribution is 2.19. The Balaban J connectivity index is 2.45. The molecular formula is C11H21NO. The zero-order chi connectivity index (χ0) is 9.84. The van der Waals surface area contributed by atoms with Gasteiger partial charge in [-0.1, -0.05) is 20.8 Å². The van der Waals surface area contributed by atoms with E-state index >= 15 is 0 Å². The van der Waals surface area contributed by atoms with Crippen molar-refractivity contribution < 1.29 is 4.79 Å². The quantitative estimate of drug-likeness (QED) is 0.666. The van der Waals surface area contributed by atoms with Crippen molar-refractivity contribution in [2.75, 3.05) is 19.6 Å². The largest absolute Gasteiger partial charge is 0.302 e. The predicted octanol–water partition coefficient (Wildman–Crippen LogP) is 1.94. The summed E-state index contributed by atoms with van der Waals surface area (Å²) in [7, 11) is 0. The third-order valence-electron chi connectivity index (χ3n) is 2.81. The fourth-order valence-corrected chi connectivity index (χ4v) is 2.04. The summed E-state index contributed by atoms with van der Waals surface area (Å²) in [6, 6.07) is 0. The Bertz CT molecular complexity index is 177. The van der Waals surface area contributed by atoms with Gasteiger partial charge in [-0.15, -0.1) is 0 Å².